The highest BCUT2D eigenvalue weighted by Gasteiger charge is 2.36. The first-order valence-electron chi connectivity index (χ1n) is 19.9. The molecule has 0 saturated carbocycles. The lowest BCUT2D eigenvalue weighted by molar-refractivity contribution is 0.660. The Hall–Kier alpha value is -6.64. The van der Waals surface area contributed by atoms with E-state index < -0.39 is 0 Å². The number of rotatable bonds is 5. The van der Waals surface area contributed by atoms with Gasteiger partial charge in [0.15, 0.2) is 0 Å². The van der Waals surface area contributed by atoms with Crippen molar-refractivity contribution in [3.8, 4) is 33.4 Å². The molecule has 0 bridgehead atoms. The van der Waals surface area contributed by atoms with Crippen molar-refractivity contribution >= 4 is 39.0 Å². The van der Waals surface area contributed by atoms with Gasteiger partial charge in [-0.25, -0.2) is 0 Å². The van der Waals surface area contributed by atoms with E-state index in [0.717, 1.165) is 41.1 Å². The van der Waals surface area contributed by atoms with Crippen LogP contribution in [0.2, 0.25) is 0 Å². The Morgan fingerprint density at radius 3 is 1.91 bits per heavy atom. The number of hydrogen-bond acceptors (Lipinski definition) is 2. The molecule has 0 N–H and O–H groups in total. The monoisotopic (exact) mass is 719 g/mol. The summed E-state index contributed by atoms with van der Waals surface area (Å²) in [5.74, 6) is 0.235. The zero-order valence-electron chi connectivity index (χ0n) is 31.7. The molecular weight excluding hydrogens is 679 g/mol. The van der Waals surface area contributed by atoms with Crippen molar-refractivity contribution in [3.63, 3.8) is 0 Å². The second-order valence-corrected chi connectivity index (χ2v) is 16.0. The maximum Gasteiger partial charge on any atom is 0.136 e. The van der Waals surface area contributed by atoms with E-state index in [1.165, 1.54) is 72.0 Å². The van der Waals surface area contributed by atoms with Gasteiger partial charge in [0.05, 0.1) is 0 Å². The Balaban J connectivity index is 1.08. The maximum absolute atomic E-state index is 6.71. The number of fused-ring (bicyclic) bond motifs is 9. The Bertz CT molecular complexity index is 2900. The van der Waals surface area contributed by atoms with Crippen molar-refractivity contribution in [2.45, 2.75) is 38.0 Å². The van der Waals surface area contributed by atoms with Gasteiger partial charge in [0.2, 0.25) is 0 Å². The van der Waals surface area contributed by atoms with Crippen LogP contribution < -0.4 is 4.90 Å². The van der Waals surface area contributed by atoms with Gasteiger partial charge in [-0.15, -0.1) is 0 Å². The summed E-state index contributed by atoms with van der Waals surface area (Å²) >= 11 is 0. The Labute approximate surface area is 328 Å². The molecule has 268 valence electrons. The highest BCUT2D eigenvalue weighted by atomic mass is 16.3. The van der Waals surface area contributed by atoms with Crippen molar-refractivity contribution in [3.05, 3.63) is 210 Å². The molecule has 1 atom stereocenters. The van der Waals surface area contributed by atoms with E-state index in [0.29, 0.717) is 0 Å². The first-order chi connectivity index (χ1) is 27.5. The average molecular weight is 720 g/mol. The van der Waals surface area contributed by atoms with Crippen molar-refractivity contribution in [1.82, 2.24) is 0 Å². The summed E-state index contributed by atoms with van der Waals surface area (Å²) in [6.45, 7) is 4.75. The van der Waals surface area contributed by atoms with Gasteiger partial charge >= 0.3 is 0 Å². The number of benzene rings is 8. The maximum atomic E-state index is 6.71. The van der Waals surface area contributed by atoms with Crippen LogP contribution in [0, 0.1) is 0 Å². The summed E-state index contributed by atoms with van der Waals surface area (Å²) in [5, 5.41) is 2.37. The van der Waals surface area contributed by atoms with Crippen molar-refractivity contribution < 1.29 is 4.42 Å². The average Bonchev–Trinajstić information content (AvgIpc) is 3.66. The van der Waals surface area contributed by atoms with Crippen LogP contribution in [0.5, 0.6) is 0 Å². The van der Waals surface area contributed by atoms with E-state index in [2.05, 4.69) is 201 Å². The fourth-order valence-corrected chi connectivity index (χ4v) is 9.88. The summed E-state index contributed by atoms with van der Waals surface area (Å²) in [7, 11) is 0. The van der Waals surface area contributed by atoms with Crippen LogP contribution in [-0.2, 0) is 11.8 Å². The lowest BCUT2D eigenvalue weighted by Gasteiger charge is -2.26. The Morgan fingerprint density at radius 1 is 0.518 bits per heavy atom. The molecule has 11 rings (SSSR count). The van der Waals surface area contributed by atoms with E-state index in [1.807, 2.05) is 0 Å². The number of para-hydroxylation sites is 3. The molecule has 0 saturated heterocycles. The standard InChI is InChI=1S/C54H41NO/c1-54(2)47-23-13-11-20-43(47)44-32-28-36(33-48(44)54)52-51-37(34-50-53(52)46-22-12-14-24-49(46)56-50)27-31-41(42-19-9-10-21-45(42)51)35-25-29-40(30-26-35)55(38-15-5-3-6-16-38)39-17-7-4-8-18-39/h3-26,28-30,32-34,41H,27,31H2,1-2H3. The Kier molecular flexibility index (Phi) is 7.44. The first-order valence-corrected chi connectivity index (χ1v) is 19.9. The molecule has 2 aliphatic carbocycles. The molecule has 8 aromatic carbocycles. The fraction of sp³-hybridized carbons (Fsp3) is 0.111. The number of anilines is 3. The molecule has 2 nitrogen and oxygen atoms in total. The van der Waals surface area contributed by atoms with Gasteiger partial charge in [-0.05, 0) is 123 Å². The van der Waals surface area contributed by atoms with E-state index in [4.69, 9.17) is 4.42 Å². The molecule has 1 unspecified atom stereocenters. The molecule has 2 aliphatic rings. The second-order valence-electron chi connectivity index (χ2n) is 16.0. The summed E-state index contributed by atoms with van der Waals surface area (Å²) in [6, 6.07) is 66.8. The Morgan fingerprint density at radius 2 is 1.14 bits per heavy atom. The molecule has 0 radical (unpaired) electrons. The van der Waals surface area contributed by atoms with Gasteiger partial charge in [-0.1, -0.05) is 141 Å². The third-order valence-corrected chi connectivity index (χ3v) is 12.5. The lowest BCUT2D eigenvalue weighted by atomic mass is 9.80. The predicted octanol–water partition coefficient (Wildman–Crippen LogP) is 14.8. The van der Waals surface area contributed by atoms with E-state index in [-0.39, 0.29) is 11.3 Å². The van der Waals surface area contributed by atoms with Crippen LogP contribution >= 0.6 is 0 Å². The van der Waals surface area contributed by atoms with Gasteiger partial charge < -0.3 is 9.32 Å². The van der Waals surface area contributed by atoms with E-state index in [1.54, 1.807) is 0 Å². The third-order valence-electron chi connectivity index (χ3n) is 12.5. The van der Waals surface area contributed by atoms with Crippen LogP contribution in [0.15, 0.2) is 186 Å². The number of aryl methyl sites for hydroxylation is 1. The smallest absolute Gasteiger partial charge is 0.136 e. The van der Waals surface area contributed by atoms with Crippen LogP contribution in [-0.4, -0.2) is 0 Å². The largest absolute Gasteiger partial charge is 0.456 e. The molecular formula is C54H41NO. The number of hydrogen-bond donors (Lipinski definition) is 0. The topological polar surface area (TPSA) is 16.4 Å². The van der Waals surface area contributed by atoms with Crippen LogP contribution in [0.3, 0.4) is 0 Å². The van der Waals surface area contributed by atoms with Gasteiger partial charge in [0.25, 0.3) is 0 Å². The van der Waals surface area contributed by atoms with Crippen molar-refractivity contribution in [1.29, 1.82) is 0 Å². The van der Waals surface area contributed by atoms with E-state index >= 15 is 0 Å². The molecule has 1 aromatic heterocycles. The van der Waals surface area contributed by atoms with Gasteiger partial charge in [-0.2, -0.15) is 0 Å². The molecule has 9 aromatic rings. The van der Waals surface area contributed by atoms with Crippen LogP contribution in [0.25, 0.3) is 55.3 Å². The molecule has 0 aliphatic heterocycles. The molecule has 1 heterocycles. The third kappa shape index (κ3) is 5.02. The minimum Gasteiger partial charge on any atom is -0.456 e. The lowest BCUT2D eigenvalue weighted by Crippen LogP contribution is -2.14. The van der Waals surface area contributed by atoms with Crippen LogP contribution in [0.4, 0.5) is 17.1 Å². The zero-order valence-corrected chi connectivity index (χ0v) is 31.7. The molecule has 56 heavy (non-hydrogen) atoms. The SMILES string of the molecule is CC1(C)c2ccccc2-c2ccc(-c3c4c(cc5oc6ccccc6c35)CCC(c3ccc(N(c5ccccc5)c5ccccc5)cc3)c3ccccc3-4)cc21. The zero-order chi connectivity index (χ0) is 37.4. The fourth-order valence-electron chi connectivity index (χ4n) is 9.88. The van der Waals surface area contributed by atoms with E-state index in [9.17, 15) is 0 Å². The minimum absolute atomic E-state index is 0.100. The minimum atomic E-state index is -0.100. The predicted molar refractivity (Wildman–Crippen MR) is 233 cm³/mol. The first kappa shape index (κ1) is 32.8. The highest BCUT2D eigenvalue weighted by Crippen LogP contribution is 2.53. The quantitative estimate of drug-likeness (QED) is 0.176. The molecule has 2 heteroatoms. The summed E-state index contributed by atoms with van der Waals surface area (Å²) in [5.41, 5.74) is 19.9. The molecule has 0 spiro atoms. The second kappa shape index (κ2) is 12.7. The number of nitrogens with zero attached hydrogens (tertiary/aromatic N) is 1. The molecule has 0 fully saturated rings. The summed E-state index contributed by atoms with van der Waals surface area (Å²) in [4.78, 5) is 2.34. The molecule has 0 amide bonds. The highest BCUT2D eigenvalue weighted by molar-refractivity contribution is 6.17. The van der Waals surface area contributed by atoms with Crippen molar-refractivity contribution in [2.24, 2.45) is 0 Å². The van der Waals surface area contributed by atoms with Crippen LogP contribution in [0.1, 0.15) is 54.0 Å². The summed E-state index contributed by atoms with van der Waals surface area (Å²) < 4.78 is 6.71. The summed E-state index contributed by atoms with van der Waals surface area (Å²) in [6.07, 6.45) is 1.95. The van der Waals surface area contributed by atoms with Gasteiger partial charge in [0, 0.05) is 44.7 Å². The van der Waals surface area contributed by atoms with Gasteiger partial charge in [-0.3, -0.25) is 0 Å². The van der Waals surface area contributed by atoms with Crippen molar-refractivity contribution in [2.75, 3.05) is 4.90 Å². The number of furan rings is 1. The van der Waals surface area contributed by atoms with Gasteiger partial charge in [0.1, 0.15) is 11.2 Å². The normalized spacial score (nSPS) is 15.1.